The summed E-state index contributed by atoms with van der Waals surface area (Å²) in [4.78, 5) is 2.95. The first-order valence-electron chi connectivity index (χ1n) is 4.30. The highest BCUT2D eigenvalue weighted by molar-refractivity contribution is 6.29. The fourth-order valence-electron chi connectivity index (χ4n) is 1.36. The first-order valence-corrected chi connectivity index (χ1v) is 4.67. The third-order valence-electron chi connectivity index (χ3n) is 2.51. The van der Waals surface area contributed by atoms with Crippen LogP contribution in [0.5, 0.6) is 0 Å². The second kappa shape index (κ2) is 2.79. The molecule has 3 N–H and O–H groups in total. The number of rotatable bonds is 3. The van der Waals surface area contributed by atoms with E-state index in [4.69, 9.17) is 17.3 Å². The number of hydrogen-bond donors (Lipinski definition) is 2. The summed E-state index contributed by atoms with van der Waals surface area (Å²) in [5.74, 6) is 0. The van der Waals surface area contributed by atoms with Crippen LogP contribution in [-0.2, 0) is 6.42 Å². The SMILES string of the molecule is NC1(CCc2c[nH]c(Cl)c2)CC1. The van der Waals surface area contributed by atoms with E-state index in [9.17, 15) is 0 Å². The normalized spacial score (nSPS) is 19.5. The van der Waals surface area contributed by atoms with Crippen molar-refractivity contribution in [2.75, 3.05) is 0 Å². The Hall–Kier alpha value is -0.470. The second-order valence-corrected chi connectivity index (χ2v) is 4.13. The average molecular weight is 185 g/mol. The molecular formula is C9H13ClN2. The van der Waals surface area contributed by atoms with E-state index >= 15 is 0 Å². The van der Waals surface area contributed by atoms with Crippen molar-refractivity contribution in [2.24, 2.45) is 5.73 Å². The quantitative estimate of drug-likeness (QED) is 0.742. The maximum atomic E-state index is 5.96. The van der Waals surface area contributed by atoms with Gasteiger partial charge in [0.25, 0.3) is 0 Å². The number of halogens is 1. The summed E-state index contributed by atoms with van der Waals surface area (Å²) in [5.41, 5.74) is 7.38. The van der Waals surface area contributed by atoms with Crippen molar-refractivity contribution >= 4 is 11.6 Å². The molecule has 0 unspecified atom stereocenters. The molecule has 2 rings (SSSR count). The largest absolute Gasteiger partial charge is 0.352 e. The topological polar surface area (TPSA) is 41.8 Å². The Balaban J connectivity index is 1.87. The lowest BCUT2D eigenvalue weighted by molar-refractivity contribution is 0.609. The number of nitrogens with two attached hydrogens (primary N) is 1. The van der Waals surface area contributed by atoms with E-state index in [0.717, 1.165) is 12.8 Å². The molecule has 0 spiro atoms. The summed E-state index contributed by atoms with van der Waals surface area (Å²) in [6, 6.07) is 1.97. The van der Waals surface area contributed by atoms with Gasteiger partial charge in [-0.2, -0.15) is 0 Å². The standard InChI is InChI=1S/C9H13ClN2/c10-8-5-7(6-12-8)1-2-9(11)3-4-9/h5-6,12H,1-4,11H2. The monoisotopic (exact) mass is 184 g/mol. The van der Waals surface area contributed by atoms with Crippen LogP contribution in [0.2, 0.25) is 5.15 Å². The minimum atomic E-state index is 0.156. The van der Waals surface area contributed by atoms with Crippen molar-refractivity contribution < 1.29 is 0 Å². The molecule has 0 bridgehead atoms. The number of nitrogens with one attached hydrogen (secondary N) is 1. The van der Waals surface area contributed by atoms with Gasteiger partial charge in [-0.05, 0) is 37.3 Å². The van der Waals surface area contributed by atoms with Gasteiger partial charge in [0.15, 0.2) is 0 Å². The van der Waals surface area contributed by atoms with Crippen molar-refractivity contribution in [1.29, 1.82) is 0 Å². The zero-order valence-electron chi connectivity index (χ0n) is 6.94. The number of aryl methyl sites for hydroxylation is 1. The lowest BCUT2D eigenvalue weighted by atomic mass is 10.1. The molecule has 3 heteroatoms. The van der Waals surface area contributed by atoms with E-state index in [1.807, 2.05) is 12.3 Å². The maximum absolute atomic E-state index is 5.96. The third kappa shape index (κ3) is 1.82. The molecule has 1 aromatic heterocycles. The molecule has 0 aromatic carbocycles. The highest BCUT2D eigenvalue weighted by atomic mass is 35.5. The predicted octanol–water partition coefficient (Wildman–Crippen LogP) is 2.09. The number of hydrogen-bond acceptors (Lipinski definition) is 1. The van der Waals surface area contributed by atoms with Crippen LogP contribution in [0, 0.1) is 0 Å². The lowest BCUT2D eigenvalue weighted by Gasteiger charge is -2.05. The second-order valence-electron chi connectivity index (χ2n) is 3.72. The van der Waals surface area contributed by atoms with Crippen molar-refractivity contribution in [3.05, 3.63) is 23.0 Å². The van der Waals surface area contributed by atoms with Gasteiger partial charge in [-0.1, -0.05) is 11.6 Å². The Labute approximate surface area is 77.1 Å². The maximum Gasteiger partial charge on any atom is 0.106 e. The Morgan fingerprint density at radius 3 is 2.83 bits per heavy atom. The molecule has 1 aliphatic rings. The average Bonchev–Trinajstić information content (AvgIpc) is 2.60. The highest BCUT2D eigenvalue weighted by Gasteiger charge is 2.37. The number of H-pyrrole nitrogens is 1. The van der Waals surface area contributed by atoms with Gasteiger partial charge >= 0.3 is 0 Å². The van der Waals surface area contributed by atoms with Crippen LogP contribution < -0.4 is 5.73 Å². The minimum absolute atomic E-state index is 0.156. The molecule has 1 aliphatic carbocycles. The van der Waals surface area contributed by atoms with Crippen LogP contribution in [-0.4, -0.2) is 10.5 Å². The van der Waals surface area contributed by atoms with Gasteiger partial charge in [-0.3, -0.25) is 0 Å². The van der Waals surface area contributed by atoms with Crippen LogP contribution in [0.3, 0.4) is 0 Å². The van der Waals surface area contributed by atoms with Crippen molar-refractivity contribution in [2.45, 2.75) is 31.2 Å². The Bertz CT molecular complexity index is 276. The smallest absolute Gasteiger partial charge is 0.106 e. The first-order chi connectivity index (χ1) is 5.68. The molecule has 2 nitrogen and oxygen atoms in total. The van der Waals surface area contributed by atoms with Gasteiger partial charge in [-0.25, -0.2) is 0 Å². The van der Waals surface area contributed by atoms with Crippen LogP contribution in [0.15, 0.2) is 12.3 Å². The van der Waals surface area contributed by atoms with Crippen molar-refractivity contribution in [1.82, 2.24) is 4.98 Å². The molecule has 0 saturated heterocycles. The van der Waals surface area contributed by atoms with Crippen LogP contribution in [0.4, 0.5) is 0 Å². The molecule has 0 amide bonds. The van der Waals surface area contributed by atoms with Crippen LogP contribution in [0.1, 0.15) is 24.8 Å². The summed E-state index contributed by atoms with van der Waals surface area (Å²) in [6.45, 7) is 0. The number of aromatic nitrogens is 1. The Kier molecular flexibility index (Phi) is 1.89. The predicted molar refractivity (Wildman–Crippen MR) is 50.3 cm³/mol. The zero-order valence-corrected chi connectivity index (χ0v) is 7.69. The van der Waals surface area contributed by atoms with Gasteiger partial charge in [0.05, 0.1) is 0 Å². The van der Waals surface area contributed by atoms with E-state index in [-0.39, 0.29) is 5.54 Å². The molecule has 1 fully saturated rings. The highest BCUT2D eigenvalue weighted by Crippen LogP contribution is 2.36. The van der Waals surface area contributed by atoms with Gasteiger partial charge < -0.3 is 10.7 Å². The van der Waals surface area contributed by atoms with Crippen LogP contribution >= 0.6 is 11.6 Å². The fourth-order valence-corrected chi connectivity index (χ4v) is 1.55. The summed E-state index contributed by atoms with van der Waals surface area (Å²) in [7, 11) is 0. The molecule has 12 heavy (non-hydrogen) atoms. The molecule has 1 heterocycles. The van der Waals surface area contributed by atoms with E-state index < -0.39 is 0 Å². The molecule has 0 atom stereocenters. The fraction of sp³-hybridized carbons (Fsp3) is 0.556. The molecule has 1 saturated carbocycles. The Morgan fingerprint density at radius 1 is 1.58 bits per heavy atom. The summed E-state index contributed by atoms with van der Waals surface area (Å²) < 4.78 is 0. The van der Waals surface area contributed by atoms with Gasteiger partial charge in [0, 0.05) is 11.7 Å². The van der Waals surface area contributed by atoms with Crippen LogP contribution in [0.25, 0.3) is 0 Å². The van der Waals surface area contributed by atoms with E-state index in [1.165, 1.54) is 18.4 Å². The summed E-state index contributed by atoms with van der Waals surface area (Å²) >= 11 is 5.74. The van der Waals surface area contributed by atoms with E-state index in [0.29, 0.717) is 5.15 Å². The Morgan fingerprint density at radius 2 is 2.33 bits per heavy atom. The zero-order chi connectivity index (χ0) is 8.60. The van der Waals surface area contributed by atoms with Crippen molar-refractivity contribution in [3.63, 3.8) is 0 Å². The van der Waals surface area contributed by atoms with Gasteiger partial charge in [-0.15, -0.1) is 0 Å². The summed E-state index contributed by atoms with van der Waals surface area (Å²) in [6.07, 6.45) is 6.45. The third-order valence-corrected chi connectivity index (χ3v) is 2.73. The first kappa shape index (κ1) is 8.14. The lowest BCUT2D eigenvalue weighted by Crippen LogP contribution is -2.21. The van der Waals surface area contributed by atoms with Crippen molar-refractivity contribution in [3.8, 4) is 0 Å². The number of aromatic amines is 1. The molecule has 1 aromatic rings. The van der Waals surface area contributed by atoms with E-state index in [1.54, 1.807) is 0 Å². The van der Waals surface area contributed by atoms with Gasteiger partial charge in [0.2, 0.25) is 0 Å². The molecule has 0 aliphatic heterocycles. The minimum Gasteiger partial charge on any atom is -0.352 e. The molecule has 0 radical (unpaired) electrons. The van der Waals surface area contributed by atoms with Gasteiger partial charge in [0.1, 0.15) is 5.15 Å². The van der Waals surface area contributed by atoms with E-state index in [2.05, 4.69) is 4.98 Å². The molecular weight excluding hydrogens is 172 g/mol. The molecule has 66 valence electrons. The summed E-state index contributed by atoms with van der Waals surface area (Å²) in [5, 5.41) is 0.715.